The summed E-state index contributed by atoms with van der Waals surface area (Å²) in [5.74, 6) is -1.03. The second-order valence-corrected chi connectivity index (χ2v) is 5.01. The van der Waals surface area contributed by atoms with Gasteiger partial charge < -0.3 is 9.29 Å². The van der Waals surface area contributed by atoms with Crippen LogP contribution in [0.3, 0.4) is 0 Å². The number of carbonyl (C=O) groups excluding carboxylic acids is 1. The number of hydrogen-bond acceptors (Lipinski definition) is 4. The number of halogens is 1. The number of hydrogen-bond donors (Lipinski definition) is 1. The first-order chi connectivity index (χ1) is 9.02. The zero-order valence-electron chi connectivity index (χ0n) is 10.3. The van der Waals surface area contributed by atoms with Gasteiger partial charge in [0.1, 0.15) is 12.1 Å². The highest BCUT2D eigenvalue weighted by atomic mass is 32.2. The largest absolute Gasteiger partial charge is 0.609 e. The Bertz CT molecular complexity index is 596. The number of rotatable bonds is 3. The first kappa shape index (κ1) is 13.6. The van der Waals surface area contributed by atoms with Crippen molar-refractivity contribution < 1.29 is 18.5 Å². The van der Waals surface area contributed by atoms with E-state index in [1.165, 1.54) is 37.6 Å². The van der Waals surface area contributed by atoms with Gasteiger partial charge in [-0.2, -0.15) is 4.98 Å². The van der Waals surface area contributed by atoms with Crippen LogP contribution in [0.1, 0.15) is 10.5 Å². The standard InChI is InChI=1S/C12H11FN2O3S/c1-18-11(16)10-9(14-12(15-10)19(2)17)7-3-5-8(13)6-4-7/h3-6H,1-2H3,(H,14,15). The molecule has 0 amide bonds. The molecule has 2 rings (SSSR count). The summed E-state index contributed by atoms with van der Waals surface area (Å²) in [5.41, 5.74) is 0.947. The van der Waals surface area contributed by atoms with Crippen LogP contribution in [0.15, 0.2) is 29.4 Å². The first-order valence-electron chi connectivity index (χ1n) is 5.30. The van der Waals surface area contributed by atoms with Crippen molar-refractivity contribution in [3.05, 3.63) is 35.8 Å². The van der Waals surface area contributed by atoms with E-state index in [0.717, 1.165) is 0 Å². The second kappa shape index (κ2) is 5.41. The zero-order valence-corrected chi connectivity index (χ0v) is 11.1. The number of aromatic nitrogens is 2. The SMILES string of the molecule is COC(=O)c1nc([S+](C)[O-])[nH]c1-c1ccc(F)cc1. The Morgan fingerprint density at radius 2 is 2.05 bits per heavy atom. The molecule has 0 radical (unpaired) electrons. The highest BCUT2D eigenvalue weighted by molar-refractivity contribution is 7.90. The number of methoxy groups -OCH3 is 1. The molecule has 7 heteroatoms. The summed E-state index contributed by atoms with van der Waals surface area (Å²) in [5, 5.41) is 0.166. The van der Waals surface area contributed by atoms with Gasteiger partial charge in [0.2, 0.25) is 0 Å². The van der Waals surface area contributed by atoms with Gasteiger partial charge in [0.05, 0.1) is 12.8 Å². The Kier molecular flexibility index (Phi) is 3.87. The van der Waals surface area contributed by atoms with Gasteiger partial charge in [-0.05, 0) is 24.3 Å². The summed E-state index contributed by atoms with van der Waals surface area (Å²) < 4.78 is 28.9. The van der Waals surface area contributed by atoms with Crippen LogP contribution in [-0.4, -0.2) is 33.9 Å². The highest BCUT2D eigenvalue weighted by Crippen LogP contribution is 2.24. The monoisotopic (exact) mass is 282 g/mol. The van der Waals surface area contributed by atoms with Gasteiger partial charge in [-0.3, -0.25) is 4.98 Å². The van der Waals surface area contributed by atoms with E-state index in [0.29, 0.717) is 11.3 Å². The summed E-state index contributed by atoms with van der Waals surface area (Å²) in [7, 11) is 1.23. The number of benzene rings is 1. The van der Waals surface area contributed by atoms with Gasteiger partial charge in [-0.25, -0.2) is 9.18 Å². The summed E-state index contributed by atoms with van der Waals surface area (Å²) in [6.45, 7) is 0. The molecule has 0 aliphatic carbocycles. The maximum atomic E-state index is 12.9. The molecule has 19 heavy (non-hydrogen) atoms. The lowest BCUT2D eigenvalue weighted by atomic mass is 10.1. The molecule has 1 aromatic carbocycles. The van der Waals surface area contributed by atoms with E-state index in [1.54, 1.807) is 0 Å². The van der Waals surface area contributed by atoms with Gasteiger partial charge in [0.15, 0.2) is 5.69 Å². The van der Waals surface area contributed by atoms with Crippen LogP contribution in [0.2, 0.25) is 0 Å². The molecule has 5 nitrogen and oxygen atoms in total. The first-order valence-corrected chi connectivity index (χ1v) is 6.86. The fourth-order valence-corrected chi connectivity index (χ4v) is 2.02. The van der Waals surface area contributed by atoms with Crippen LogP contribution in [0.4, 0.5) is 4.39 Å². The molecule has 0 saturated carbocycles. The van der Waals surface area contributed by atoms with Crippen molar-refractivity contribution in [1.82, 2.24) is 9.97 Å². The Morgan fingerprint density at radius 3 is 2.58 bits per heavy atom. The van der Waals surface area contributed by atoms with Crippen LogP contribution in [0.25, 0.3) is 11.3 Å². The van der Waals surface area contributed by atoms with Crippen LogP contribution in [0, 0.1) is 5.82 Å². The number of ether oxygens (including phenoxy) is 1. The van der Waals surface area contributed by atoms with Gasteiger partial charge in [0.25, 0.3) is 0 Å². The Balaban J connectivity index is 2.54. The van der Waals surface area contributed by atoms with Crippen LogP contribution >= 0.6 is 0 Å². The summed E-state index contributed by atoms with van der Waals surface area (Å²) in [6, 6.07) is 5.52. The number of aromatic amines is 1. The van der Waals surface area contributed by atoms with E-state index in [-0.39, 0.29) is 16.7 Å². The average molecular weight is 282 g/mol. The van der Waals surface area contributed by atoms with Crippen LogP contribution in [0.5, 0.6) is 0 Å². The van der Waals surface area contributed by atoms with E-state index in [9.17, 15) is 13.7 Å². The minimum atomic E-state index is -1.36. The molecular weight excluding hydrogens is 271 g/mol. The zero-order chi connectivity index (χ0) is 14.0. The Hall–Kier alpha value is -1.86. The lowest BCUT2D eigenvalue weighted by molar-refractivity contribution is 0.0595. The molecular formula is C12H11FN2O3S. The van der Waals surface area contributed by atoms with E-state index in [2.05, 4.69) is 14.7 Å². The smallest absolute Gasteiger partial charge is 0.359 e. The molecule has 0 aliphatic rings. The number of carbonyl (C=O) groups is 1. The van der Waals surface area contributed by atoms with Crippen molar-refractivity contribution in [3.63, 3.8) is 0 Å². The number of nitrogens with zero attached hydrogens (tertiary/aromatic N) is 1. The quantitative estimate of drug-likeness (QED) is 0.687. The lowest BCUT2D eigenvalue weighted by Crippen LogP contribution is -2.04. The molecule has 0 bridgehead atoms. The second-order valence-electron chi connectivity index (χ2n) is 3.72. The highest BCUT2D eigenvalue weighted by Gasteiger charge is 2.23. The molecule has 1 atom stereocenters. The van der Waals surface area contributed by atoms with Gasteiger partial charge in [-0.15, -0.1) is 0 Å². The van der Waals surface area contributed by atoms with Crippen molar-refractivity contribution >= 4 is 17.1 Å². The molecule has 0 saturated heterocycles. The van der Waals surface area contributed by atoms with Crippen LogP contribution < -0.4 is 0 Å². The van der Waals surface area contributed by atoms with Crippen molar-refractivity contribution in [1.29, 1.82) is 0 Å². The summed E-state index contributed by atoms with van der Waals surface area (Å²) >= 11 is -1.36. The van der Waals surface area contributed by atoms with E-state index < -0.39 is 17.1 Å². The molecule has 1 N–H and O–H groups in total. The molecule has 0 fully saturated rings. The molecule has 100 valence electrons. The third-order valence-electron chi connectivity index (χ3n) is 2.47. The van der Waals surface area contributed by atoms with Crippen molar-refractivity contribution in [2.24, 2.45) is 0 Å². The Labute approximate surface area is 112 Å². The number of H-pyrrole nitrogens is 1. The average Bonchev–Trinajstić information content (AvgIpc) is 2.84. The van der Waals surface area contributed by atoms with E-state index >= 15 is 0 Å². The number of imidazole rings is 1. The minimum absolute atomic E-state index is 0.0271. The number of nitrogens with one attached hydrogen (secondary N) is 1. The topological polar surface area (TPSA) is 78.0 Å². The lowest BCUT2D eigenvalue weighted by Gasteiger charge is -2.00. The summed E-state index contributed by atoms with van der Waals surface area (Å²) in [6.07, 6.45) is 1.44. The van der Waals surface area contributed by atoms with Crippen molar-refractivity contribution in [2.45, 2.75) is 5.16 Å². The minimum Gasteiger partial charge on any atom is -0.609 e. The molecule has 1 unspecified atom stereocenters. The van der Waals surface area contributed by atoms with Crippen molar-refractivity contribution in [2.75, 3.05) is 13.4 Å². The predicted molar refractivity (Wildman–Crippen MR) is 67.7 cm³/mol. The molecule has 0 aliphatic heterocycles. The molecule has 2 aromatic rings. The third kappa shape index (κ3) is 2.77. The van der Waals surface area contributed by atoms with Gasteiger partial charge >= 0.3 is 11.1 Å². The Morgan fingerprint density at radius 1 is 1.42 bits per heavy atom. The van der Waals surface area contributed by atoms with Crippen LogP contribution in [-0.2, 0) is 15.9 Å². The van der Waals surface area contributed by atoms with Gasteiger partial charge in [0, 0.05) is 16.7 Å². The maximum absolute atomic E-state index is 12.9. The van der Waals surface area contributed by atoms with Crippen molar-refractivity contribution in [3.8, 4) is 11.3 Å². The predicted octanol–water partition coefficient (Wildman–Crippen LogP) is 1.74. The molecule has 1 aromatic heterocycles. The maximum Gasteiger partial charge on any atom is 0.359 e. The van der Waals surface area contributed by atoms with E-state index in [4.69, 9.17) is 0 Å². The molecule has 1 heterocycles. The normalized spacial score (nSPS) is 12.2. The van der Waals surface area contributed by atoms with E-state index in [1.807, 2.05) is 0 Å². The third-order valence-corrected chi connectivity index (χ3v) is 3.20. The fourth-order valence-electron chi connectivity index (χ4n) is 1.56. The fraction of sp³-hybridized carbons (Fsp3) is 0.167. The molecule has 0 spiro atoms. The van der Waals surface area contributed by atoms with Gasteiger partial charge in [-0.1, -0.05) is 0 Å². The number of esters is 1. The summed E-state index contributed by atoms with van der Waals surface area (Å²) in [4.78, 5) is 18.4.